The lowest BCUT2D eigenvalue weighted by molar-refractivity contribution is -0.142. The monoisotopic (exact) mass is 506 g/mol. The Bertz CT molecular complexity index is 1260. The molecule has 4 rings (SSSR count). The molecule has 1 aromatic heterocycles. The number of amides is 3. The number of likely N-dealkylation sites (tertiary alicyclic amines) is 1. The third kappa shape index (κ3) is 4.93. The van der Waals surface area contributed by atoms with Crippen molar-refractivity contribution in [3.8, 4) is 0 Å². The van der Waals surface area contributed by atoms with Gasteiger partial charge in [0, 0.05) is 17.4 Å². The molecule has 0 unspecified atom stereocenters. The van der Waals surface area contributed by atoms with Crippen LogP contribution in [-0.4, -0.2) is 58.1 Å². The Morgan fingerprint density at radius 1 is 1.19 bits per heavy atom. The number of benzene rings is 1. The van der Waals surface area contributed by atoms with Crippen molar-refractivity contribution in [2.75, 3.05) is 6.54 Å². The molecular weight excluding hydrogens is 468 g/mol. The zero-order valence-electron chi connectivity index (χ0n) is 22.6. The Hall–Kier alpha value is -3.42. The number of aromatic nitrogens is 1. The van der Waals surface area contributed by atoms with Gasteiger partial charge in [-0.25, -0.2) is 0 Å². The van der Waals surface area contributed by atoms with Gasteiger partial charge in [0.25, 0.3) is 5.91 Å². The van der Waals surface area contributed by atoms with Gasteiger partial charge in [-0.3, -0.25) is 19.2 Å². The Labute approximate surface area is 218 Å². The number of fused-ring (bicyclic) bond motifs is 2. The van der Waals surface area contributed by atoms with Gasteiger partial charge in [0.2, 0.25) is 11.8 Å². The van der Waals surface area contributed by atoms with Crippen molar-refractivity contribution < 1.29 is 19.2 Å². The molecule has 2 aliphatic rings. The molecule has 2 heterocycles. The summed E-state index contributed by atoms with van der Waals surface area (Å²) in [4.78, 5) is 57.2. The largest absolute Gasteiger partial charge is 0.351 e. The lowest BCUT2D eigenvalue weighted by Crippen LogP contribution is -2.57. The highest BCUT2D eigenvalue weighted by Crippen LogP contribution is 2.64. The summed E-state index contributed by atoms with van der Waals surface area (Å²) in [5.74, 6) is -0.889. The number of aryl methyl sites for hydroxylation is 1. The summed E-state index contributed by atoms with van der Waals surface area (Å²) in [7, 11) is 0. The average molecular weight is 507 g/mol. The Morgan fingerprint density at radius 3 is 2.51 bits per heavy atom. The van der Waals surface area contributed by atoms with Gasteiger partial charge in [-0.15, -0.1) is 0 Å². The van der Waals surface area contributed by atoms with Gasteiger partial charge in [-0.2, -0.15) is 0 Å². The number of nitrogens with one attached hydrogen (secondary N) is 3. The number of carbonyl (C=O) groups is 4. The van der Waals surface area contributed by atoms with E-state index in [4.69, 9.17) is 0 Å². The van der Waals surface area contributed by atoms with Crippen LogP contribution >= 0.6 is 0 Å². The minimum Gasteiger partial charge on any atom is -0.351 e. The maximum atomic E-state index is 13.9. The van der Waals surface area contributed by atoms with Crippen molar-refractivity contribution in [3.63, 3.8) is 0 Å². The van der Waals surface area contributed by atoms with Crippen LogP contribution in [0.2, 0.25) is 0 Å². The third-order valence-corrected chi connectivity index (χ3v) is 8.18. The Morgan fingerprint density at radius 2 is 1.89 bits per heavy atom. The molecule has 198 valence electrons. The minimum absolute atomic E-state index is 0.00886. The molecule has 1 aliphatic heterocycles. The summed E-state index contributed by atoms with van der Waals surface area (Å²) < 4.78 is 0. The van der Waals surface area contributed by atoms with Gasteiger partial charge in [0.05, 0.1) is 6.04 Å². The van der Waals surface area contributed by atoms with Crippen LogP contribution in [-0.2, 0) is 14.4 Å². The second-order valence-electron chi connectivity index (χ2n) is 11.6. The van der Waals surface area contributed by atoms with E-state index < -0.39 is 18.1 Å². The predicted molar refractivity (Wildman–Crippen MR) is 143 cm³/mol. The zero-order valence-corrected chi connectivity index (χ0v) is 22.6. The first-order chi connectivity index (χ1) is 17.4. The van der Waals surface area contributed by atoms with Gasteiger partial charge in [0.15, 0.2) is 5.78 Å². The zero-order chi connectivity index (χ0) is 27.2. The molecule has 8 heteroatoms. The van der Waals surface area contributed by atoms with Crippen LogP contribution in [0.25, 0.3) is 10.9 Å². The maximum absolute atomic E-state index is 13.9. The lowest BCUT2D eigenvalue weighted by Gasteiger charge is -2.34. The molecular formula is C29H38N4O4. The molecule has 0 bridgehead atoms. The van der Waals surface area contributed by atoms with E-state index in [2.05, 4.69) is 36.0 Å². The first kappa shape index (κ1) is 26.6. The smallest absolute Gasteiger partial charge is 0.268 e. The molecule has 2 aromatic rings. The van der Waals surface area contributed by atoms with E-state index in [1.54, 1.807) is 17.9 Å². The second-order valence-corrected chi connectivity index (χ2v) is 11.6. The van der Waals surface area contributed by atoms with Crippen LogP contribution in [0.5, 0.6) is 0 Å². The normalized spacial score (nSPS) is 23.3. The van der Waals surface area contributed by atoms with Crippen molar-refractivity contribution in [2.24, 2.45) is 23.2 Å². The van der Waals surface area contributed by atoms with E-state index in [0.717, 1.165) is 16.5 Å². The van der Waals surface area contributed by atoms with E-state index in [1.165, 1.54) is 6.08 Å². The quantitative estimate of drug-likeness (QED) is 0.453. The fourth-order valence-corrected chi connectivity index (χ4v) is 5.92. The summed E-state index contributed by atoms with van der Waals surface area (Å²) in [5, 5.41) is 6.67. The molecule has 3 N–H and O–H groups in total. The molecule has 37 heavy (non-hydrogen) atoms. The van der Waals surface area contributed by atoms with Crippen LogP contribution < -0.4 is 10.6 Å². The topological polar surface area (TPSA) is 111 Å². The van der Waals surface area contributed by atoms with Crippen molar-refractivity contribution in [1.29, 1.82) is 0 Å². The van der Waals surface area contributed by atoms with Crippen molar-refractivity contribution >= 4 is 34.4 Å². The predicted octanol–water partition coefficient (Wildman–Crippen LogP) is 3.36. The third-order valence-electron chi connectivity index (χ3n) is 8.18. The van der Waals surface area contributed by atoms with Gasteiger partial charge in [-0.1, -0.05) is 46.4 Å². The first-order valence-corrected chi connectivity index (χ1v) is 13.0. The van der Waals surface area contributed by atoms with Gasteiger partial charge < -0.3 is 20.5 Å². The van der Waals surface area contributed by atoms with Crippen molar-refractivity contribution in [2.45, 2.75) is 66.1 Å². The molecule has 8 nitrogen and oxygen atoms in total. The van der Waals surface area contributed by atoms with E-state index in [1.807, 2.05) is 39.0 Å². The maximum Gasteiger partial charge on any atom is 0.268 e. The van der Waals surface area contributed by atoms with Gasteiger partial charge in [-0.05, 0) is 67.2 Å². The number of hydrogen-bond acceptors (Lipinski definition) is 4. The highest BCUT2D eigenvalue weighted by Gasteiger charge is 2.69. The number of H-pyrrole nitrogens is 1. The van der Waals surface area contributed by atoms with Crippen molar-refractivity contribution in [3.05, 3.63) is 48.2 Å². The Balaban J connectivity index is 1.56. The number of rotatable bonds is 9. The minimum atomic E-state index is -0.775. The summed E-state index contributed by atoms with van der Waals surface area (Å²) in [6.45, 7) is 15.7. The number of nitrogens with zero attached hydrogens (tertiary/aromatic N) is 1. The van der Waals surface area contributed by atoms with Gasteiger partial charge >= 0.3 is 0 Å². The lowest BCUT2D eigenvalue weighted by atomic mass is 9.97. The highest BCUT2D eigenvalue weighted by atomic mass is 16.2. The highest BCUT2D eigenvalue weighted by molar-refractivity contribution is 6.02. The molecule has 1 saturated carbocycles. The number of carbonyl (C=O) groups excluding carboxylic acids is 4. The van der Waals surface area contributed by atoms with Crippen LogP contribution in [0, 0.1) is 30.1 Å². The van der Waals surface area contributed by atoms with Crippen LogP contribution in [0.1, 0.15) is 57.1 Å². The van der Waals surface area contributed by atoms with E-state index in [9.17, 15) is 19.2 Å². The van der Waals surface area contributed by atoms with E-state index in [0.29, 0.717) is 18.7 Å². The van der Waals surface area contributed by atoms with E-state index >= 15 is 0 Å². The van der Waals surface area contributed by atoms with Crippen LogP contribution in [0.4, 0.5) is 0 Å². The fourth-order valence-electron chi connectivity index (χ4n) is 5.92. The van der Waals surface area contributed by atoms with Gasteiger partial charge in [0.1, 0.15) is 17.8 Å². The molecule has 1 saturated heterocycles. The molecule has 1 aromatic carbocycles. The van der Waals surface area contributed by atoms with E-state index in [-0.39, 0.29) is 46.7 Å². The summed E-state index contributed by atoms with van der Waals surface area (Å²) >= 11 is 0. The molecule has 3 amide bonds. The van der Waals surface area contributed by atoms with Crippen LogP contribution in [0.15, 0.2) is 36.9 Å². The number of piperidine rings is 1. The fraction of sp³-hybridized carbons (Fsp3) is 0.517. The Kier molecular flexibility index (Phi) is 7.06. The average Bonchev–Trinajstić information content (AvgIpc) is 3.23. The summed E-state index contributed by atoms with van der Waals surface area (Å²) in [5.41, 5.74) is 2.24. The summed E-state index contributed by atoms with van der Waals surface area (Å²) in [6.07, 6.45) is 1.63. The number of aromatic amines is 1. The van der Waals surface area contributed by atoms with Crippen LogP contribution in [0.3, 0.4) is 0 Å². The number of ketones is 1. The SMILES string of the molecule is C=CC(=O)[C@H](C)NC(=O)[C@@H]1[C@@H]2[C@H](CN1C(=O)[C@H](CC(C)C)NC(=O)c1cc3c(C)cccc3[nH]1)C2(C)C. The molecule has 1 aliphatic carbocycles. The van der Waals surface area contributed by atoms with Crippen molar-refractivity contribution in [1.82, 2.24) is 20.5 Å². The first-order valence-electron chi connectivity index (χ1n) is 13.0. The number of hydrogen-bond donors (Lipinski definition) is 3. The molecule has 0 radical (unpaired) electrons. The summed E-state index contributed by atoms with van der Waals surface area (Å²) in [6, 6.07) is 5.44. The second kappa shape index (κ2) is 9.80. The standard InChI is InChI=1S/C29H38N4O4/c1-8-23(34)17(5)30-27(36)25-24-19(29(24,6)7)14-33(25)28(37)22(12-15(2)3)32-26(35)21-13-18-16(4)10-9-11-20(18)31-21/h8-11,13,15,17,19,22,24-25,31H,1,12,14H2,2-7H3,(H,30,36)(H,32,35)/t17-,19-,22-,24-,25-/m0/s1. The molecule has 0 spiro atoms. The molecule has 2 fully saturated rings. The molecule has 5 atom stereocenters.